The molecule has 0 spiro atoms. The molecule has 1 saturated carbocycles. The second-order valence-corrected chi connectivity index (χ2v) is 8.52. The molecule has 3 N–H and O–H groups in total. The minimum absolute atomic E-state index is 0.0283. The fourth-order valence-corrected chi connectivity index (χ4v) is 4.74. The Kier molecular flexibility index (Phi) is 4.39. The molecule has 1 amide bonds. The lowest BCUT2D eigenvalue weighted by Crippen LogP contribution is -2.31. The molecular formula is C23H23N3O2S. The number of rotatable bonds is 3. The van der Waals surface area contributed by atoms with Crippen molar-refractivity contribution in [1.82, 2.24) is 9.88 Å². The van der Waals surface area contributed by atoms with Gasteiger partial charge in [-0.05, 0) is 55.0 Å². The van der Waals surface area contributed by atoms with Crippen LogP contribution in [0.2, 0.25) is 0 Å². The van der Waals surface area contributed by atoms with Gasteiger partial charge in [0.2, 0.25) is 0 Å². The second-order valence-electron chi connectivity index (χ2n) is 8.04. The number of nitrogens with zero attached hydrogens (tertiary/aromatic N) is 1. The van der Waals surface area contributed by atoms with Gasteiger partial charge < -0.3 is 15.6 Å². The highest BCUT2D eigenvalue weighted by molar-refractivity contribution is 7.80. The Bertz CT molecular complexity index is 1150. The maximum absolute atomic E-state index is 13.3. The number of fused-ring (bicyclic) bond motifs is 3. The molecule has 2 aliphatic rings. The molecule has 0 saturated heterocycles. The van der Waals surface area contributed by atoms with Crippen LogP contribution in [0, 0.1) is 5.92 Å². The van der Waals surface area contributed by atoms with Crippen LogP contribution in [-0.2, 0) is 6.54 Å². The molecule has 1 aliphatic heterocycles. The third-order valence-electron chi connectivity index (χ3n) is 6.36. The number of hydrogen-bond acceptors (Lipinski definition) is 4. The average Bonchev–Trinajstić information content (AvgIpc) is 2.95. The zero-order valence-corrected chi connectivity index (χ0v) is 16.9. The minimum atomic E-state index is -0.0455. The Balaban J connectivity index is 1.47. The van der Waals surface area contributed by atoms with Crippen molar-refractivity contribution in [2.75, 3.05) is 12.3 Å². The van der Waals surface area contributed by atoms with Crippen LogP contribution < -0.4 is 11.1 Å². The van der Waals surface area contributed by atoms with Crippen molar-refractivity contribution < 1.29 is 9.59 Å². The summed E-state index contributed by atoms with van der Waals surface area (Å²) in [6, 6.07) is 13.6. The summed E-state index contributed by atoms with van der Waals surface area (Å²) < 4.78 is 2.04. The number of thiol groups is 1. The first-order valence-corrected chi connectivity index (χ1v) is 10.5. The van der Waals surface area contributed by atoms with E-state index in [4.69, 9.17) is 5.73 Å². The predicted octanol–water partition coefficient (Wildman–Crippen LogP) is 4.02. The molecule has 2 heterocycles. The van der Waals surface area contributed by atoms with Crippen molar-refractivity contribution >= 4 is 40.9 Å². The summed E-state index contributed by atoms with van der Waals surface area (Å²) in [5, 5.41) is 3.92. The summed E-state index contributed by atoms with van der Waals surface area (Å²) in [5.41, 5.74) is 10.1. The number of amides is 1. The molecule has 6 heteroatoms. The standard InChI is InChI=1S/C23H23N3O2S/c24-18-10-13(4-7-21(18)29)16-5-6-17(16)22(27)15-3-2-14-11-20-23(28)25-8-1-9-26(20)19(14)12-15/h2-4,7,10-12,16-17,29H,1,5-6,8-9,24H2,(H,25,28). The van der Waals surface area contributed by atoms with Gasteiger partial charge in [0.25, 0.3) is 5.91 Å². The molecule has 2 aromatic carbocycles. The smallest absolute Gasteiger partial charge is 0.267 e. The molecule has 1 aliphatic carbocycles. The number of hydrogen-bond donors (Lipinski definition) is 3. The van der Waals surface area contributed by atoms with E-state index < -0.39 is 0 Å². The number of ketones is 1. The Morgan fingerprint density at radius 2 is 2.00 bits per heavy atom. The highest BCUT2D eigenvalue weighted by Crippen LogP contribution is 2.45. The highest BCUT2D eigenvalue weighted by atomic mass is 32.1. The van der Waals surface area contributed by atoms with E-state index in [9.17, 15) is 9.59 Å². The van der Waals surface area contributed by atoms with Gasteiger partial charge in [0, 0.05) is 46.1 Å². The molecule has 2 atom stereocenters. The second kappa shape index (κ2) is 6.95. The Labute approximate surface area is 174 Å². The molecule has 29 heavy (non-hydrogen) atoms. The van der Waals surface area contributed by atoms with Crippen LogP contribution >= 0.6 is 12.6 Å². The van der Waals surface area contributed by atoms with Gasteiger partial charge in [-0.1, -0.05) is 18.2 Å². The van der Waals surface area contributed by atoms with Gasteiger partial charge in [0.05, 0.1) is 0 Å². The van der Waals surface area contributed by atoms with Gasteiger partial charge in [-0.2, -0.15) is 0 Å². The van der Waals surface area contributed by atoms with Crippen LogP contribution in [-0.4, -0.2) is 22.8 Å². The lowest BCUT2D eigenvalue weighted by Gasteiger charge is -2.36. The fraction of sp³-hybridized carbons (Fsp3) is 0.304. The third-order valence-corrected chi connectivity index (χ3v) is 6.76. The Morgan fingerprint density at radius 3 is 2.76 bits per heavy atom. The monoisotopic (exact) mass is 405 g/mol. The SMILES string of the molecule is Nc1cc(C2CCC2C(=O)c2ccc3cc4n(c3c2)CCCNC4=O)ccc1S. The van der Waals surface area contributed by atoms with E-state index in [1.54, 1.807) is 0 Å². The molecule has 5 nitrogen and oxygen atoms in total. The molecule has 0 bridgehead atoms. The summed E-state index contributed by atoms with van der Waals surface area (Å²) in [6.45, 7) is 1.45. The third kappa shape index (κ3) is 3.02. The van der Waals surface area contributed by atoms with Gasteiger partial charge >= 0.3 is 0 Å². The summed E-state index contributed by atoms with van der Waals surface area (Å²) in [5.74, 6) is 0.297. The fourth-order valence-electron chi connectivity index (χ4n) is 4.60. The number of nitrogen functional groups attached to an aromatic ring is 1. The number of nitrogens with two attached hydrogens (primary N) is 1. The highest BCUT2D eigenvalue weighted by Gasteiger charge is 2.38. The van der Waals surface area contributed by atoms with E-state index >= 15 is 0 Å². The van der Waals surface area contributed by atoms with Crippen LogP contribution in [0.25, 0.3) is 10.9 Å². The van der Waals surface area contributed by atoms with Crippen molar-refractivity contribution in [3.63, 3.8) is 0 Å². The zero-order chi connectivity index (χ0) is 20.1. The first-order valence-electron chi connectivity index (χ1n) is 10.1. The number of aryl methyl sites for hydroxylation is 1. The van der Waals surface area contributed by atoms with Crippen molar-refractivity contribution in [2.24, 2.45) is 5.92 Å². The van der Waals surface area contributed by atoms with E-state index in [0.29, 0.717) is 17.9 Å². The summed E-state index contributed by atoms with van der Waals surface area (Å²) in [6.07, 6.45) is 2.76. The molecule has 3 aromatic rings. The summed E-state index contributed by atoms with van der Waals surface area (Å²) >= 11 is 4.34. The van der Waals surface area contributed by atoms with Crippen LogP contribution in [0.15, 0.2) is 47.4 Å². The van der Waals surface area contributed by atoms with Gasteiger partial charge in [-0.15, -0.1) is 12.6 Å². The first-order chi connectivity index (χ1) is 14.0. The van der Waals surface area contributed by atoms with Crippen LogP contribution in [0.3, 0.4) is 0 Å². The van der Waals surface area contributed by atoms with E-state index in [2.05, 4.69) is 17.9 Å². The van der Waals surface area contributed by atoms with Crippen LogP contribution in [0.5, 0.6) is 0 Å². The molecule has 148 valence electrons. The Morgan fingerprint density at radius 1 is 1.14 bits per heavy atom. The van der Waals surface area contributed by atoms with Crippen molar-refractivity contribution in [2.45, 2.75) is 36.6 Å². The van der Waals surface area contributed by atoms with Crippen molar-refractivity contribution in [3.8, 4) is 0 Å². The molecule has 5 rings (SSSR count). The molecule has 0 radical (unpaired) electrons. The van der Waals surface area contributed by atoms with Gasteiger partial charge in [0.15, 0.2) is 5.78 Å². The van der Waals surface area contributed by atoms with Gasteiger partial charge in [-0.25, -0.2) is 0 Å². The maximum atomic E-state index is 13.3. The molecular weight excluding hydrogens is 382 g/mol. The van der Waals surface area contributed by atoms with E-state index in [0.717, 1.165) is 52.7 Å². The number of Topliss-reactive ketones (excluding diaryl/α,β-unsaturated/α-hetero) is 1. The number of benzene rings is 2. The number of carbonyl (C=O) groups excluding carboxylic acids is 2. The lowest BCUT2D eigenvalue weighted by molar-refractivity contribution is 0.0818. The summed E-state index contributed by atoms with van der Waals surface area (Å²) in [4.78, 5) is 26.4. The zero-order valence-electron chi connectivity index (χ0n) is 16.0. The largest absolute Gasteiger partial charge is 0.398 e. The predicted molar refractivity (Wildman–Crippen MR) is 117 cm³/mol. The average molecular weight is 406 g/mol. The van der Waals surface area contributed by atoms with E-state index in [-0.39, 0.29) is 23.5 Å². The number of aromatic nitrogens is 1. The molecule has 2 unspecified atom stereocenters. The van der Waals surface area contributed by atoms with Crippen LogP contribution in [0.1, 0.15) is 51.6 Å². The molecule has 1 fully saturated rings. The van der Waals surface area contributed by atoms with Crippen molar-refractivity contribution in [3.05, 3.63) is 59.3 Å². The van der Waals surface area contributed by atoms with Crippen LogP contribution in [0.4, 0.5) is 5.69 Å². The minimum Gasteiger partial charge on any atom is -0.398 e. The first kappa shape index (κ1) is 18.3. The normalized spacial score (nSPS) is 21.2. The van der Waals surface area contributed by atoms with Crippen molar-refractivity contribution in [1.29, 1.82) is 0 Å². The number of carbonyl (C=O) groups is 2. The van der Waals surface area contributed by atoms with E-state index in [1.807, 2.05) is 47.0 Å². The Hall–Kier alpha value is -2.73. The number of anilines is 1. The number of nitrogens with one attached hydrogen (secondary N) is 1. The summed E-state index contributed by atoms with van der Waals surface area (Å²) in [7, 11) is 0. The van der Waals surface area contributed by atoms with E-state index in [1.165, 1.54) is 0 Å². The van der Waals surface area contributed by atoms with Gasteiger partial charge in [-0.3, -0.25) is 9.59 Å². The maximum Gasteiger partial charge on any atom is 0.267 e. The van der Waals surface area contributed by atoms with Gasteiger partial charge in [0.1, 0.15) is 5.69 Å². The topological polar surface area (TPSA) is 77.1 Å². The lowest BCUT2D eigenvalue weighted by atomic mass is 9.67. The quantitative estimate of drug-likeness (QED) is 0.350. The molecule has 1 aromatic heterocycles.